The van der Waals surface area contributed by atoms with Gasteiger partial charge in [-0.05, 0) is 85.2 Å². The van der Waals surface area contributed by atoms with Gasteiger partial charge in [-0.25, -0.2) is 0 Å². The summed E-state index contributed by atoms with van der Waals surface area (Å²) >= 11 is 6.83. The van der Waals surface area contributed by atoms with Gasteiger partial charge in [-0.1, -0.05) is 55.3 Å². The van der Waals surface area contributed by atoms with Gasteiger partial charge in [0.05, 0.1) is 23.6 Å². The quantitative estimate of drug-likeness (QED) is 0.138. The highest BCUT2D eigenvalue weighted by atomic mass is 35.5. The first kappa shape index (κ1) is 37.6. The first-order chi connectivity index (χ1) is 25.7. The minimum Gasteiger partial charge on any atom is -0.493 e. The number of likely N-dealkylation sites (tertiary alicyclic amines) is 2. The lowest BCUT2D eigenvalue weighted by molar-refractivity contribution is -0.144. The van der Waals surface area contributed by atoms with Crippen LogP contribution in [0.15, 0.2) is 73.1 Å². The first-order valence-corrected chi connectivity index (χ1v) is 18.5. The van der Waals surface area contributed by atoms with Crippen molar-refractivity contribution < 1.29 is 28.9 Å². The number of aromatic nitrogens is 1. The molecule has 2 aliphatic rings. The van der Waals surface area contributed by atoms with Crippen molar-refractivity contribution >= 4 is 23.5 Å². The first-order valence-electron chi connectivity index (χ1n) is 18.2. The Labute approximate surface area is 315 Å². The molecular weight excluding hydrogens is 692 g/mol. The number of hydrogen-bond donors (Lipinski definition) is 1. The number of carboxylic acids is 1. The van der Waals surface area contributed by atoms with Crippen LogP contribution >= 0.6 is 11.6 Å². The molecule has 11 heteroatoms. The Hall–Kier alpha value is -5.11. The summed E-state index contributed by atoms with van der Waals surface area (Å²) in [5, 5.41) is 19.6. The van der Waals surface area contributed by atoms with Crippen molar-refractivity contribution in [2.24, 2.45) is 5.92 Å². The van der Waals surface area contributed by atoms with Crippen LogP contribution < -0.4 is 14.2 Å². The summed E-state index contributed by atoms with van der Waals surface area (Å²) in [5.41, 5.74) is 5.94. The van der Waals surface area contributed by atoms with Crippen LogP contribution in [-0.4, -0.2) is 64.0 Å². The number of nitrogens with zero attached hydrogens (tertiary/aromatic N) is 4. The third kappa shape index (κ3) is 9.66. The van der Waals surface area contributed by atoms with E-state index in [1.54, 1.807) is 24.4 Å². The smallest absolute Gasteiger partial charge is 0.320 e. The number of carbonyl (C=O) groups is 2. The molecule has 0 radical (unpaired) electrons. The van der Waals surface area contributed by atoms with Crippen molar-refractivity contribution in [2.75, 3.05) is 26.2 Å². The molecule has 0 bridgehead atoms. The fraction of sp³-hybridized carbons (Fsp3) is 0.381. The number of hydrogen-bond acceptors (Lipinski definition) is 8. The Morgan fingerprint density at radius 1 is 0.962 bits per heavy atom. The van der Waals surface area contributed by atoms with E-state index in [2.05, 4.69) is 31.0 Å². The molecule has 0 spiro atoms. The van der Waals surface area contributed by atoms with Crippen LogP contribution in [-0.2, 0) is 29.3 Å². The largest absolute Gasteiger partial charge is 0.493 e. The Morgan fingerprint density at radius 3 is 2.58 bits per heavy atom. The standard InChI is InChI=1S/C42H45ClN4O6/c1-28-12-15-47(24-28)41(48)13-16-51-35-9-5-7-32(18-35)36-10-6-8-33(29(36)2)27-53-40-20-39(52-26-31-17-30(21-44)22-45-23-31)34(19-37(40)43)25-46-14-4-3-11-38(46)42(49)50/h5-10,17-20,22-23,28,38H,3-4,11-16,24-27H2,1-2H3,(H,49,50)/t28-,38+/m1/s1. The molecule has 0 unspecified atom stereocenters. The number of rotatable bonds is 14. The number of nitriles is 1. The molecule has 2 saturated heterocycles. The van der Waals surface area contributed by atoms with Gasteiger partial charge in [0.1, 0.15) is 42.6 Å². The summed E-state index contributed by atoms with van der Waals surface area (Å²) in [6.45, 7) is 7.60. The molecule has 1 aromatic heterocycles. The molecule has 0 saturated carbocycles. The average Bonchev–Trinajstić information content (AvgIpc) is 3.61. The molecule has 3 aromatic carbocycles. The fourth-order valence-corrected chi connectivity index (χ4v) is 7.29. The zero-order valence-corrected chi connectivity index (χ0v) is 31.0. The van der Waals surface area contributed by atoms with Gasteiger partial charge in [0, 0.05) is 49.2 Å². The Kier molecular flexibility index (Phi) is 12.5. The maximum atomic E-state index is 12.6. The van der Waals surface area contributed by atoms with Gasteiger partial charge in [-0.2, -0.15) is 5.26 Å². The Balaban J connectivity index is 1.17. The van der Waals surface area contributed by atoms with Crippen molar-refractivity contribution in [1.82, 2.24) is 14.8 Å². The number of benzene rings is 3. The zero-order valence-electron chi connectivity index (χ0n) is 30.2. The molecule has 2 aliphatic heterocycles. The molecule has 3 heterocycles. The van der Waals surface area contributed by atoms with E-state index in [1.807, 2.05) is 46.2 Å². The van der Waals surface area contributed by atoms with Crippen LogP contribution in [0.4, 0.5) is 0 Å². The molecule has 53 heavy (non-hydrogen) atoms. The van der Waals surface area contributed by atoms with Crippen molar-refractivity contribution in [1.29, 1.82) is 5.26 Å². The highest BCUT2D eigenvalue weighted by molar-refractivity contribution is 6.32. The number of pyridine rings is 1. The van der Waals surface area contributed by atoms with Gasteiger partial charge in [0.15, 0.2) is 0 Å². The predicted octanol–water partition coefficient (Wildman–Crippen LogP) is 7.82. The molecule has 1 amide bonds. The normalized spacial score (nSPS) is 17.3. The maximum absolute atomic E-state index is 12.6. The summed E-state index contributed by atoms with van der Waals surface area (Å²) in [5.74, 6) is 1.51. The van der Waals surface area contributed by atoms with Gasteiger partial charge in [-0.3, -0.25) is 19.5 Å². The SMILES string of the molecule is Cc1c(COc2cc(OCc3cncc(C#N)c3)c(CN3CCCC[C@H]3C(=O)O)cc2Cl)cccc1-c1cccc(OCCC(=O)N2CC[C@@H](C)C2)c1. The molecular formula is C42H45ClN4O6. The monoisotopic (exact) mass is 736 g/mol. The molecule has 0 aliphatic carbocycles. The third-order valence-corrected chi connectivity index (χ3v) is 10.3. The van der Waals surface area contributed by atoms with E-state index < -0.39 is 12.0 Å². The lowest BCUT2D eigenvalue weighted by Gasteiger charge is -2.33. The van der Waals surface area contributed by atoms with E-state index in [1.165, 1.54) is 6.20 Å². The number of halogens is 1. The fourth-order valence-electron chi connectivity index (χ4n) is 7.05. The Bertz CT molecular complexity index is 1980. The number of ether oxygens (including phenoxy) is 3. The topological polar surface area (TPSA) is 125 Å². The summed E-state index contributed by atoms with van der Waals surface area (Å²) in [7, 11) is 0. The summed E-state index contributed by atoms with van der Waals surface area (Å²) in [6, 6.07) is 20.7. The van der Waals surface area contributed by atoms with E-state index >= 15 is 0 Å². The zero-order chi connectivity index (χ0) is 37.3. The van der Waals surface area contributed by atoms with Crippen LogP contribution in [0.25, 0.3) is 11.1 Å². The average molecular weight is 737 g/mol. The molecule has 4 aromatic rings. The number of amides is 1. The van der Waals surface area contributed by atoms with E-state index in [-0.39, 0.29) is 19.1 Å². The van der Waals surface area contributed by atoms with Crippen molar-refractivity contribution in [3.63, 3.8) is 0 Å². The van der Waals surface area contributed by atoms with E-state index in [4.69, 9.17) is 25.8 Å². The summed E-state index contributed by atoms with van der Waals surface area (Å²) < 4.78 is 18.6. The number of aliphatic carboxylic acids is 1. The van der Waals surface area contributed by atoms with Crippen molar-refractivity contribution in [3.8, 4) is 34.4 Å². The maximum Gasteiger partial charge on any atom is 0.320 e. The minimum absolute atomic E-state index is 0.138. The van der Waals surface area contributed by atoms with Gasteiger partial charge in [-0.15, -0.1) is 0 Å². The van der Waals surface area contributed by atoms with Crippen LogP contribution in [0, 0.1) is 24.2 Å². The van der Waals surface area contributed by atoms with E-state index in [9.17, 15) is 20.0 Å². The second kappa shape index (κ2) is 17.6. The Morgan fingerprint density at radius 2 is 1.79 bits per heavy atom. The van der Waals surface area contributed by atoms with Crippen molar-refractivity contribution in [2.45, 2.75) is 71.8 Å². The van der Waals surface area contributed by atoms with Crippen molar-refractivity contribution in [3.05, 3.63) is 106 Å². The van der Waals surface area contributed by atoms with Crippen LogP contribution in [0.1, 0.15) is 66.8 Å². The molecule has 2 fully saturated rings. The second-order valence-corrected chi connectivity index (χ2v) is 14.3. The summed E-state index contributed by atoms with van der Waals surface area (Å²) in [4.78, 5) is 32.7. The van der Waals surface area contributed by atoms with Gasteiger partial charge < -0.3 is 24.2 Å². The van der Waals surface area contributed by atoms with E-state index in [0.29, 0.717) is 66.3 Å². The summed E-state index contributed by atoms with van der Waals surface area (Å²) in [6.07, 6.45) is 6.92. The van der Waals surface area contributed by atoms with Crippen LogP contribution in [0.5, 0.6) is 17.2 Å². The second-order valence-electron chi connectivity index (χ2n) is 13.9. The molecule has 276 valence electrons. The molecule has 1 N–H and O–H groups in total. The molecule has 2 atom stereocenters. The minimum atomic E-state index is -0.839. The highest BCUT2D eigenvalue weighted by Gasteiger charge is 2.29. The van der Waals surface area contributed by atoms with Crippen LogP contribution in [0.2, 0.25) is 5.02 Å². The lowest BCUT2D eigenvalue weighted by Crippen LogP contribution is -2.44. The number of piperidine rings is 1. The highest BCUT2D eigenvalue weighted by Crippen LogP contribution is 2.36. The van der Waals surface area contributed by atoms with Gasteiger partial charge >= 0.3 is 5.97 Å². The van der Waals surface area contributed by atoms with Crippen LogP contribution in [0.3, 0.4) is 0 Å². The number of carbonyl (C=O) groups excluding carboxylic acids is 1. The van der Waals surface area contributed by atoms with Gasteiger partial charge in [0.25, 0.3) is 0 Å². The third-order valence-electron chi connectivity index (χ3n) is 10.0. The van der Waals surface area contributed by atoms with Gasteiger partial charge in [0.2, 0.25) is 5.91 Å². The van der Waals surface area contributed by atoms with E-state index in [0.717, 1.165) is 65.7 Å². The number of carboxylic acid groups (broad SMARTS) is 1. The predicted molar refractivity (Wildman–Crippen MR) is 202 cm³/mol. The molecule has 10 nitrogen and oxygen atoms in total. The molecule has 6 rings (SSSR count). The lowest BCUT2D eigenvalue weighted by atomic mass is 9.96.